The summed E-state index contributed by atoms with van der Waals surface area (Å²) in [5, 5.41) is 3.72. The number of aromatic nitrogens is 1. The largest absolute Gasteiger partial charge is 0.355 e. The van der Waals surface area contributed by atoms with Crippen LogP contribution >= 0.6 is 0 Å². The zero-order chi connectivity index (χ0) is 17.1. The first-order valence-electron chi connectivity index (χ1n) is 9.26. The van der Waals surface area contributed by atoms with Crippen LogP contribution < -0.4 is 10.7 Å². The molecule has 2 nitrogen and oxygen atoms in total. The summed E-state index contributed by atoms with van der Waals surface area (Å²) in [6.45, 7) is 0. The number of aromatic amines is 1. The van der Waals surface area contributed by atoms with Crippen molar-refractivity contribution < 1.29 is 0 Å². The predicted octanol–water partition coefficient (Wildman–Crippen LogP) is 4.61. The SMILES string of the molecule is C1=c2[nH]c3cc4c(cc3c2CC[C@@H]1c1ccccc1)-c1ccccc1N=4. The third kappa shape index (κ3) is 1.96. The molecule has 1 aromatic heterocycles. The number of H-pyrrole nitrogens is 1. The van der Waals surface area contributed by atoms with E-state index in [2.05, 4.69) is 77.8 Å². The third-order valence-corrected chi connectivity index (χ3v) is 5.79. The minimum Gasteiger partial charge on any atom is -0.355 e. The molecule has 0 amide bonds. The Balaban J connectivity index is 1.55. The maximum Gasteiger partial charge on any atom is 0.0737 e. The summed E-state index contributed by atoms with van der Waals surface area (Å²) in [4.78, 5) is 8.46. The van der Waals surface area contributed by atoms with Gasteiger partial charge in [-0.05, 0) is 42.2 Å². The topological polar surface area (TPSA) is 28.1 Å². The molecule has 0 spiro atoms. The number of para-hydroxylation sites is 1. The Morgan fingerprint density at radius 1 is 0.885 bits per heavy atom. The van der Waals surface area contributed by atoms with Gasteiger partial charge >= 0.3 is 0 Å². The van der Waals surface area contributed by atoms with Gasteiger partial charge in [0.1, 0.15) is 0 Å². The van der Waals surface area contributed by atoms with Crippen molar-refractivity contribution in [3.63, 3.8) is 0 Å². The summed E-state index contributed by atoms with van der Waals surface area (Å²) in [6, 6.07) is 23.8. The van der Waals surface area contributed by atoms with E-state index in [9.17, 15) is 0 Å². The van der Waals surface area contributed by atoms with E-state index in [0.29, 0.717) is 5.92 Å². The first-order valence-corrected chi connectivity index (χ1v) is 9.26. The summed E-state index contributed by atoms with van der Waals surface area (Å²) >= 11 is 0. The van der Waals surface area contributed by atoms with Crippen LogP contribution in [0.4, 0.5) is 5.69 Å². The molecule has 4 aromatic rings. The maximum absolute atomic E-state index is 4.80. The van der Waals surface area contributed by atoms with Gasteiger partial charge in [-0.15, -0.1) is 0 Å². The number of fused-ring (bicyclic) bond motifs is 6. The Morgan fingerprint density at radius 3 is 2.65 bits per heavy atom. The standard InChI is InChI=1S/C24H18N2/c1-2-6-15(7-3-1)16-10-11-18-20-13-19-17-8-4-5-9-21(17)25-23(19)14-24(20)26-22(18)12-16/h1-9,12-14,16,26H,10-11H2/t16-/m0/s1. The van der Waals surface area contributed by atoms with Crippen molar-refractivity contribution in [2.75, 3.05) is 0 Å². The van der Waals surface area contributed by atoms with Crippen LogP contribution in [0.15, 0.2) is 71.7 Å². The second-order valence-electron chi connectivity index (χ2n) is 7.28. The second-order valence-corrected chi connectivity index (χ2v) is 7.28. The molecule has 1 aliphatic heterocycles. The molecule has 3 aromatic carbocycles. The van der Waals surface area contributed by atoms with Crippen molar-refractivity contribution in [1.82, 2.24) is 4.98 Å². The Kier molecular flexibility index (Phi) is 2.81. The van der Waals surface area contributed by atoms with E-state index in [1.807, 2.05) is 0 Å². The minimum atomic E-state index is 0.494. The first-order chi connectivity index (χ1) is 12.9. The van der Waals surface area contributed by atoms with Crippen molar-refractivity contribution >= 4 is 22.7 Å². The van der Waals surface area contributed by atoms with E-state index in [4.69, 9.17) is 4.99 Å². The molecular weight excluding hydrogens is 316 g/mol. The summed E-state index contributed by atoms with van der Waals surface area (Å²) in [6.07, 6.45) is 4.69. The summed E-state index contributed by atoms with van der Waals surface area (Å²) in [7, 11) is 0. The lowest BCUT2D eigenvalue weighted by atomic mass is 9.87. The second kappa shape index (κ2) is 5.18. The number of nitrogens with one attached hydrogen (secondary N) is 1. The van der Waals surface area contributed by atoms with Crippen molar-refractivity contribution in [2.24, 2.45) is 4.99 Å². The van der Waals surface area contributed by atoms with Crippen LogP contribution in [0.2, 0.25) is 0 Å². The third-order valence-electron chi connectivity index (χ3n) is 5.79. The molecule has 1 aliphatic carbocycles. The molecule has 6 rings (SSSR count). The molecule has 1 atom stereocenters. The first kappa shape index (κ1) is 14.1. The summed E-state index contributed by atoms with van der Waals surface area (Å²) < 4.78 is 0. The molecule has 2 aliphatic rings. The van der Waals surface area contributed by atoms with Gasteiger partial charge in [-0.25, -0.2) is 4.99 Å². The fourth-order valence-corrected chi connectivity index (χ4v) is 4.50. The Morgan fingerprint density at radius 2 is 1.73 bits per heavy atom. The fourth-order valence-electron chi connectivity index (χ4n) is 4.50. The number of hydrogen-bond acceptors (Lipinski definition) is 1. The Hall–Kier alpha value is -3.13. The number of aryl methyl sites for hydroxylation is 1. The average Bonchev–Trinajstić information content (AvgIpc) is 3.23. The lowest BCUT2D eigenvalue weighted by Gasteiger charge is -2.17. The lowest BCUT2D eigenvalue weighted by molar-refractivity contribution is 0.741. The zero-order valence-electron chi connectivity index (χ0n) is 14.4. The van der Waals surface area contributed by atoms with E-state index >= 15 is 0 Å². The van der Waals surface area contributed by atoms with Crippen LogP contribution in [0, 0.1) is 0 Å². The highest BCUT2D eigenvalue weighted by Gasteiger charge is 2.20. The van der Waals surface area contributed by atoms with Gasteiger partial charge in [0, 0.05) is 33.3 Å². The number of nitrogens with zero attached hydrogens (tertiary/aromatic N) is 1. The van der Waals surface area contributed by atoms with E-state index in [1.54, 1.807) is 0 Å². The molecule has 0 unspecified atom stereocenters. The molecule has 2 heterocycles. The van der Waals surface area contributed by atoms with Gasteiger partial charge in [-0.3, -0.25) is 0 Å². The highest BCUT2D eigenvalue weighted by molar-refractivity contribution is 5.91. The summed E-state index contributed by atoms with van der Waals surface area (Å²) in [5.74, 6) is 0.494. The Bertz CT molecular complexity index is 1280. The molecular formula is C24H18N2. The van der Waals surface area contributed by atoms with Gasteiger partial charge in [0.2, 0.25) is 0 Å². The molecule has 1 N–H and O–H groups in total. The van der Waals surface area contributed by atoms with Gasteiger partial charge in [0.05, 0.1) is 11.0 Å². The molecule has 0 radical (unpaired) electrons. The number of rotatable bonds is 1. The number of hydrogen-bond donors (Lipinski definition) is 1. The molecule has 0 saturated carbocycles. The smallest absolute Gasteiger partial charge is 0.0737 e. The Labute approximate surface area is 151 Å². The fraction of sp³-hybridized carbons (Fsp3) is 0.125. The maximum atomic E-state index is 4.80. The molecule has 0 fully saturated rings. The molecule has 0 saturated heterocycles. The van der Waals surface area contributed by atoms with Crippen LogP contribution in [0.3, 0.4) is 0 Å². The average molecular weight is 334 g/mol. The van der Waals surface area contributed by atoms with Gasteiger partial charge in [-0.1, -0.05) is 54.6 Å². The summed E-state index contributed by atoms with van der Waals surface area (Å²) in [5.41, 5.74) is 7.67. The predicted molar refractivity (Wildman–Crippen MR) is 106 cm³/mol. The van der Waals surface area contributed by atoms with E-state index < -0.39 is 0 Å². The molecule has 26 heavy (non-hydrogen) atoms. The van der Waals surface area contributed by atoms with E-state index in [1.165, 1.54) is 44.9 Å². The highest BCUT2D eigenvalue weighted by atomic mass is 14.8. The van der Waals surface area contributed by atoms with Crippen molar-refractivity contribution in [1.29, 1.82) is 0 Å². The van der Waals surface area contributed by atoms with Crippen LogP contribution in [0.25, 0.3) is 28.1 Å². The number of benzene rings is 3. The van der Waals surface area contributed by atoms with E-state index in [-0.39, 0.29) is 0 Å². The van der Waals surface area contributed by atoms with Gasteiger partial charge in [0.15, 0.2) is 0 Å². The zero-order valence-corrected chi connectivity index (χ0v) is 14.4. The van der Waals surface area contributed by atoms with Crippen molar-refractivity contribution in [2.45, 2.75) is 18.8 Å². The van der Waals surface area contributed by atoms with Crippen LogP contribution in [-0.4, -0.2) is 4.98 Å². The monoisotopic (exact) mass is 334 g/mol. The minimum absolute atomic E-state index is 0.494. The van der Waals surface area contributed by atoms with Crippen LogP contribution in [0.1, 0.15) is 23.5 Å². The quantitative estimate of drug-likeness (QED) is 0.464. The van der Waals surface area contributed by atoms with Gasteiger partial charge < -0.3 is 4.98 Å². The lowest BCUT2D eigenvalue weighted by Crippen LogP contribution is -2.17. The van der Waals surface area contributed by atoms with Crippen LogP contribution in [-0.2, 0) is 6.42 Å². The molecule has 0 bridgehead atoms. The van der Waals surface area contributed by atoms with Crippen molar-refractivity contribution in [3.8, 4) is 11.1 Å². The molecule has 124 valence electrons. The normalized spacial score (nSPS) is 17.2. The van der Waals surface area contributed by atoms with Crippen LogP contribution in [0.5, 0.6) is 0 Å². The highest BCUT2D eigenvalue weighted by Crippen LogP contribution is 2.35. The van der Waals surface area contributed by atoms with Gasteiger partial charge in [-0.2, -0.15) is 0 Å². The van der Waals surface area contributed by atoms with Crippen molar-refractivity contribution in [3.05, 3.63) is 88.6 Å². The molecule has 2 heteroatoms. The van der Waals surface area contributed by atoms with E-state index in [0.717, 1.165) is 17.5 Å². The van der Waals surface area contributed by atoms with Gasteiger partial charge in [0.25, 0.3) is 0 Å².